The van der Waals surface area contributed by atoms with E-state index in [1.807, 2.05) is 27.7 Å². The van der Waals surface area contributed by atoms with Crippen LogP contribution < -0.4 is 5.73 Å². The standard InChI is InChI=1S/C28H25F5N6.CH4O3S/c1-14(27(2,3)4)39-25-20(36-26(39)34)13-12-19(35-25)23-22(15-8-10-16(29)11-9-15)37-24(38-23)21-17(28(31,32)33)6-5-7-18(21)30;1-5(2,3)4/h5-14H,1-4H3,(H2,34,36)(H,37,38);1H3,(H,2,3,4). The Kier molecular flexibility index (Phi) is 8.59. The first-order valence-corrected chi connectivity index (χ1v) is 14.9. The molecule has 5 rings (SSSR count). The van der Waals surface area contributed by atoms with Gasteiger partial charge >= 0.3 is 6.18 Å². The highest BCUT2D eigenvalue weighted by atomic mass is 32.2. The van der Waals surface area contributed by atoms with Gasteiger partial charge in [0.25, 0.3) is 10.1 Å². The Morgan fingerprint density at radius 3 is 2.14 bits per heavy atom. The van der Waals surface area contributed by atoms with E-state index in [9.17, 15) is 30.4 Å². The summed E-state index contributed by atoms with van der Waals surface area (Å²) in [7, 11) is -3.67. The molecule has 0 saturated carbocycles. The lowest BCUT2D eigenvalue weighted by Gasteiger charge is -2.29. The number of benzene rings is 2. The second kappa shape index (κ2) is 11.6. The van der Waals surface area contributed by atoms with E-state index < -0.39 is 39.1 Å². The minimum atomic E-state index is -4.83. The van der Waals surface area contributed by atoms with E-state index in [1.54, 1.807) is 16.7 Å². The van der Waals surface area contributed by atoms with Gasteiger partial charge in [-0.05, 0) is 60.9 Å². The first-order valence-electron chi connectivity index (χ1n) is 13.0. The fourth-order valence-electron chi connectivity index (χ4n) is 4.39. The molecule has 2 aromatic carbocycles. The van der Waals surface area contributed by atoms with Crippen molar-refractivity contribution in [2.75, 3.05) is 12.0 Å². The van der Waals surface area contributed by atoms with Crippen molar-refractivity contribution in [2.24, 2.45) is 5.41 Å². The highest BCUT2D eigenvalue weighted by Gasteiger charge is 2.36. The molecule has 3 aromatic heterocycles. The number of halogens is 5. The van der Waals surface area contributed by atoms with Crippen molar-refractivity contribution < 1.29 is 34.9 Å². The van der Waals surface area contributed by atoms with Crippen molar-refractivity contribution in [1.29, 1.82) is 0 Å². The molecule has 234 valence electrons. The number of hydrogen-bond acceptors (Lipinski definition) is 6. The first-order chi connectivity index (χ1) is 20.3. The topological polar surface area (TPSA) is 140 Å². The average molecular weight is 637 g/mol. The third-order valence-corrected chi connectivity index (χ3v) is 6.84. The van der Waals surface area contributed by atoms with Gasteiger partial charge in [0.15, 0.2) is 5.65 Å². The zero-order valence-electron chi connectivity index (χ0n) is 24.2. The minimum Gasteiger partial charge on any atom is -0.369 e. The number of nitrogens with one attached hydrogen (secondary N) is 1. The second-order valence-electron chi connectivity index (χ2n) is 11.1. The maximum absolute atomic E-state index is 14.9. The van der Waals surface area contributed by atoms with E-state index in [0.717, 1.165) is 18.2 Å². The predicted octanol–water partition coefficient (Wildman–Crippen LogP) is 7.15. The highest BCUT2D eigenvalue weighted by Crippen LogP contribution is 2.41. The van der Waals surface area contributed by atoms with Crippen LogP contribution >= 0.6 is 0 Å². The van der Waals surface area contributed by atoms with E-state index >= 15 is 0 Å². The quantitative estimate of drug-likeness (QED) is 0.141. The summed E-state index contributed by atoms with van der Waals surface area (Å²) in [4.78, 5) is 16.4. The Hall–Kier alpha value is -4.37. The lowest BCUT2D eigenvalue weighted by Crippen LogP contribution is -2.23. The zero-order chi connectivity index (χ0) is 32.8. The number of imidazole rings is 2. The number of anilines is 1. The van der Waals surface area contributed by atoms with Crippen LogP contribution in [-0.2, 0) is 16.3 Å². The number of nitrogens with two attached hydrogens (primary N) is 1. The molecule has 0 saturated heterocycles. The number of aromatic amines is 1. The van der Waals surface area contributed by atoms with Crippen LogP contribution in [0.1, 0.15) is 39.3 Å². The normalized spacial score (nSPS) is 13.1. The molecule has 0 fully saturated rings. The number of H-pyrrole nitrogens is 1. The van der Waals surface area contributed by atoms with E-state index in [2.05, 4.69) is 15.0 Å². The van der Waals surface area contributed by atoms with Crippen molar-refractivity contribution in [3.63, 3.8) is 0 Å². The van der Waals surface area contributed by atoms with Gasteiger partial charge in [-0.1, -0.05) is 26.8 Å². The van der Waals surface area contributed by atoms with Gasteiger partial charge in [0.1, 0.15) is 23.0 Å². The van der Waals surface area contributed by atoms with Crippen LogP contribution in [-0.4, -0.2) is 43.7 Å². The molecule has 4 N–H and O–H groups in total. The summed E-state index contributed by atoms with van der Waals surface area (Å²) in [5.74, 6) is -1.67. The SMILES string of the molecule is CC(n1c(N)nc2ccc(-c3[nH]c(-c4c(F)cccc4C(F)(F)F)nc3-c3ccc(F)cc3)nc21)C(C)(C)C.CS(=O)(=O)O. The van der Waals surface area contributed by atoms with Gasteiger partial charge in [0.2, 0.25) is 5.95 Å². The van der Waals surface area contributed by atoms with Crippen molar-refractivity contribution >= 4 is 27.2 Å². The molecule has 0 bridgehead atoms. The van der Waals surface area contributed by atoms with Crippen LogP contribution in [0.15, 0.2) is 54.6 Å². The van der Waals surface area contributed by atoms with Gasteiger partial charge in [-0.25, -0.2) is 23.7 Å². The first kappa shape index (κ1) is 32.5. The predicted molar refractivity (Wildman–Crippen MR) is 157 cm³/mol. The van der Waals surface area contributed by atoms with Crippen molar-refractivity contribution in [1.82, 2.24) is 24.5 Å². The Morgan fingerprint density at radius 1 is 0.955 bits per heavy atom. The van der Waals surface area contributed by atoms with Gasteiger partial charge in [-0.15, -0.1) is 0 Å². The van der Waals surface area contributed by atoms with Crippen LogP contribution in [0.25, 0.3) is 45.2 Å². The van der Waals surface area contributed by atoms with Crippen LogP contribution in [0.5, 0.6) is 0 Å². The van der Waals surface area contributed by atoms with Crippen LogP contribution in [0.2, 0.25) is 0 Å². The zero-order valence-corrected chi connectivity index (χ0v) is 25.0. The molecule has 1 atom stereocenters. The van der Waals surface area contributed by atoms with Gasteiger partial charge in [-0.3, -0.25) is 9.12 Å². The third kappa shape index (κ3) is 7.05. The Bertz CT molecular complexity index is 1920. The highest BCUT2D eigenvalue weighted by molar-refractivity contribution is 7.85. The summed E-state index contributed by atoms with van der Waals surface area (Å²) in [6.45, 7) is 8.13. The van der Waals surface area contributed by atoms with Crippen molar-refractivity contribution in [3.05, 3.63) is 71.8 Å². The fraction of sp³-hybridized carbons (Fsp3) is 0.276. The number of alkyl halides is 3. The molecule has 3 heterocycles. The summed E-state index contributed by atoms with van der Waals surface area (Å²) in [6, 6.07) is 11.2. The smallest absolute Gasteiger partial charge is 0.369 e. The van der Waals surface area contributed by atoms with Crippen molar-refractivity contribution in [2.45, 2.75) is 39.9 Å². The summed E-state index contributed by atoms with van der Waals surface area (Å²) >= 11 is 0. The molecule has 44 heavy (non-hydrogen) atoms. The Labute approximate surface area is 249 Å². The number of nitrogen functional groups attached to an aromatic ring is 1. The summed E-state index contributed by atoms with van der Waals surface area (Å²) in [5.41, 5.74) is 6.25. The molecular formula is C29H29F5N6O3S. The minimum absolute atomic E-state index is 0.105. The number of rotatable bonds is 4. The van der Waals surface area contributed by atoms with E-state index in [1.165, 1.54) is 24.3 Å². The van der Waals surface area contributed by atoms with Gasteiger partial charge < -0.3 is 10.7 Å². The number of fused-ring (bicyclic) bond motifs is 1. The second-order valence-corrected chi connectivity index (χ2v) is 12.6. The molecule has 0 aliphatic carbocycles. The Morgan fingerprint density at radius 2 is 1.57 bits per heavy atom. The largest absolute Gasteiger partial charge is 0.417 e. The Balaban J connectivity index is 0.000000818. The third-order valence-electron chi connectivity index (χ3n) is 6.84. The average Bonchev–Trinajstić information content (AvgIpc) is 3.46. The van der Waals surface area contributed by atoms with Gasteiger partial charge in [0, 0.05) is 11.6 Å². The van der Waals surface area contributed by atoms with Crippen LogP contribution in [0, 0.1) is 17.0 Å². The lowest BCUT2D eigenvalue weighted by molar-refractivity contribution is -0.137. The molecule has 0 aliphatic rings. The summed E-state index contributed by atoms with van der Waals surface area (Å²) in [6.07, 6.45) is -4.11. The number of nitrogens with zero attached hydrogens (tertiary/aromatic N) is 4. The summed E-state index contributed by atoms with van der Waals surface area (Å²) < 4.78 is 97.7. The van der Waals surface area contributed by atoms with Gasteiger partial charge in [0.05, 0.1) is 34.5 Å². The molecule has 0 aliphatic heterocycles. The molecular weight excluding hydrogens is 607 g/mol. The number of hydrogen-bond donors (Lipinski definition) is 3. The van der Waals surface area contributed by atoms with E-state index in [-0.39, 0.29) is 34.6 Å². The lowest BCUT2D eigenvalue weighted by atomic mass is 9.88. The maximum atomic E-state index is 14.9. The van der Waals surface area contributed by atoms with Crippen LogP contribution in [0.4, 0.5) is 27.9 Å². The molecule has 9 nitrogen and oxygen atoms in total. The van der Waals surface area contributed by atoms with Crippen LogP contribution in [0.3, 0.4) is 0 Å². The van der Waals surface area contributed by atoms with E-state index in [0.29, 0.717) is 28.7 Å². The monoisotopic (exact) mass is 636 g/mol. The molecule has 1 unspecified atom stereocenters. The van der Waals surface area contributed by atoms with E-state index in [4.69, 9.17) is 15.3 Å². The molecule has 0 radical (unpaired) electrons. The molecule has 15 heteroatoms. The maximum Gasteiger partial charge on any atom is 0.417 e. The van der Waals surface area contributed by atoms with Gasteiger partial charge in [-0.2, -0.15) is 21.6 Å². The molecule has 5 aromatic rings. The molecule has 0 spiro atoms. The summed E-state index contributed by atoms with van der Waals surface area (Å²) in [5, 5.41) is 0. The molecule has 0 amide bonds. The number of pyridine rings is 1. The number of aromatic nitrogens is 5. The fourth-order valence-corrected chi connectivity index (χ4v) is 4.39. The van der Waals surface area contributed by atoms with Crippen molar-refractivity contribution in [3.8, 4) is 34.0 Å².